The summed E-state index contributed by atoms with van der Waals surface area (Å²) in [5.41, 5.74) is 6.37. The third-order valence-corrected chi connectivity index (χ3v) is 4.17. The molecule has 6 heteroatoms. The van der Waals surface area contributed by atoms with E-state index >= 15 is 0 Å². The highest BCUT2D eigenvalue weighted by Gasteiger charge is 2.21. The number of nitrogens with zero attached hydrogens (tertiary/aromatic N) is 1. The van der Waals surface area contributed by atoms with Crippen LogP contribution in [0.2, 0.25) is 0 Å². The molecular weight excluding hydrogens is 276 g/mol. The number of carbonyl (C=O) groups is 1. The number of nitrogen functional groups attached to an aromatic ring is 1. The van der Waals surface area contributed by atoms with Crippen molar-refractivity contribution in [1.82, 2.24) is 4.90 Å². The average Bonchev–Trinajstić information content (AvgIpc) is 2.45. The van der Waals surface area contributed by atoms with Crippen LogP contribution >= 0.6 is 11.8 Å². The van der Waals surface area contributed by atoms with Crippen LogP contribution in [0.4, 0.5) is 5.69 Å². The Bertz CT molecular complexity index is 481. The molecule has 0 radical (unpaired) electrons. The minimum Gasteiger partial charge on any atom is -0.496 e. The average molecular weight is 296 g/mol. The number of carbonyl (C=O) groups excluding carboxylic acids is 1. The van der Waals surface area contributed by atoms with Crippen molar-refractivity contribution in [1.29, 1.82) is 0 Å². The first kappa shape index (κ1) is 15.0. The van der Waals surface area contributed by atoms with Crippen molar-refractivity contribution in [2.75, 3.05) is 38.3 Å². The van der Waals surface area contributed by atoms with Crippen molar-refractivity contribution in [2.24, 2.45) is 0 Å². The quantitative estimate of drug-likeness (QED) is 0.675. The molecule has 0 spiro atoms. The molecule has 1 atom stereocenters. The topological polar surface area (TPSA) is 64.8 Å². The van der Waals surface area contributed by atoms with Crippen LogP contribution in [0.15, 0.2) is 23.1 Å². The van der Waals surface area contributed by atoms with Gasteiger partial charge in [0.2, 0.25) is 5.91 Å². The van der Waals surface area contributed by atoms with Crippen LogP contribution in [-0.2, 0) is 9.53 Å². The lowest BCUT2D eigenvalue weighted by Gasteiger charge is -2.31. The van der Waals surface area contributed by atoms with E-state index in [0.29, 0.717) is 36.9 Å². The third kappa shape index (κ3) is 3.80. The monoisotopic (exact) mass is 296 g/mol. The van der Waals surface area contributed by atoms with Gasteiger partial charge in [-0.05, 0) is 19.1 Å². The maximum atomic E-state index is 12.2. The van der Waals surface area contributed by atoms with Gasteiger partial charge in [-0.3, -0.25) is 4.79 Å². The van der Waals surface area contributed by atoms with E-state index in [-0.39, 0.29) is 12.0 Å². The minimum atomic E-state index is 0.115. The van der Waals surface area contributed by atoms with Gasteiger partial charge in [0.05, 0.1) is 25.6 Å². The van der Waals surface area contributed by atoms with Crippen molar-refractivity contribution in [3.8, 4) is 5.75 Å². The largest absolute Gasteiger partial charge is 0.496 e. The molecule has 5 nitrogen and oxygen atoms in total. The lowest BCUT2D eigenvalue weighted by molar-refractivity contribution is -0.135. The van der Waals surface area contributed by atoms with Gasteiger partial charge in [0, 0.05) is 29.7 Å². The predicted molar refractivity (Wildman–Crippen MR) is 80.1 cm³/mol. The van der Waals surface area contributed by atoms with Crippen LogP contribution < -0.4 is 10.5 Å². The molecule has 20 heavy (non-hydrogen) atoms. The van der Waals surface area contributed by atoms with Gasteiger partial charge in [-0.25, -0.2) is 0 Å². The molecule has 2 N–H and O–H groups in total. The molecular formula is C14H20N2O3S. The Labute approximate surface area is 123 Å². The predicted octanol–water partition coefficient (Wildman–Crippen LogP) is 1.62. The van der Waals surface area contributed by atoms with Crippen LogP contribution in [0, 0.1) is 0 Å². The maximum Gasteiger partial charge on any atom is 0.233 e. The number of thioether (sulfide) groups is 1. The van der Waals surface area contributed by atoms with Gasteiger partial charge >= 0.3 is 0 Å². The molecule has 1 heterocycles. The highest BCUT2D eigenvalue weighted by molar-refractivity contribution is 8.00. The van der Waals surface area contributed by atoms with E-state index in [2.05, 4.69) is 0 Å². The molecule has 0 saturated carbocycles. The molecule has 1 amide bonds. The summed E-state index contributed by atoms with van der Waals surface area (Å²) in [6.45, 7) is 3.93. The van der Waals surface area contributed by atoms with Gasteiger partial charge in [0.15, 0.2) is 0 Å². The van der Waals surface area contributed by atoms with Gasteiger partial charge in [-0.1, -0.05) is 0 Å². The Morgan fingerprint density at radius 3 is 3.10 bits per heavy atom. The minimum absolute atomic E-state index is 0.115. The highest BCUT2D eigenvalue weighted by Crippen LogP contribution is 2.31. The summed E-state index contributed by atoms with van der Waals surface area (Å²) in [4.78, 5) is 14.9. The van der Waals surface area contributed by atoms with Crippen LogP contribution in [0.5, 0.6) is 5.75 Å². The van der Waals surface area contributed by atoms with Crippen LogP contribution in [0.1, 0.15) is 6.92 Å². The molecule has 1 fully saturated rings. The third-order valence-electron chi connectivity index (χ3n) is 3.13. The van der Waals surface area contributed by atoms with Crippen molar-refractivity contribution in [3.05, 3.63) is 18.2 Å². The van der Waals surface area contributed by atoms with Crippen LogP contribution in [0.3, 0.4) is 0 Å². The van der Waals surface area contributed by atoms with E-state index in [1.807, 2.05) is 24.0 Å². The van der Waals surface area contributed by atoms with E-state index in [0.717, 1.165) is 4.90 Å². The molecule has 1 saturated heterocycles. The van der Waals surface area contributed by atoms with Crippen LogP contribution in [0.25, 0.3) is 0 Å². The Morgan fingerprint density at radius 1 is 1.60 bits per heavy atom. The molecule has 2 rings (SSSR count). The Kier molecular flexibility index (Phi) is 5.14. The van der Waals surface area contributed by atoms with Gasteiger partial charge in [0.25, 0.3) is 0 Å². The number of hydrogen-bond donors (Lipinski definition) is 1. The molecule has 1 aromatic rings. The first-order valence-corrected chi connectivity index (χ1v) is 7.54. The van der Waals surface area contributed by atoms with Crippen molar-refractivity contribution >= 4 is 23.4 Å². The zero-order valence-corrected chi connectivity index (χ0v) is 12.6. The normalized spacial score (nSPS) is 18.9. The number of anilines is 1. The Morgan fingerprint density at radius 2 is 2.40 bits per heavy atom. The molecule has 1 aliphatic rings. The second kappa shape index (κ2) is 6.85. The number of rotatable bonds is 4. The van der Waals surface area contributed by atoms with E-state index < -0.39 is 0 Å². The fraction of sp³-hybridized carbons (Fsp3) is 0.500. The smallest absolute Gasteiger partial charge is 0.233 e. The van der Waals surface area contributed by atoms with Crippen molar-refractivity contribution in [3.63, 3.8) is 0 Å². The molecule has 0 aromatic heterocycles. The number of nitrogens with two attached hydrogens (primary N) is 1. The molecule has 110 valence electrons. The number of hydrogen-bond acceptors (Lipinski definition) is 5. The van der Waals surface area contributed by atoms with Crippen LogP contribution in [-0.4, -0.2) is 49.5 Å². The number of morpholine rings is 1. The van der Waals surface area contributed by atoms with E-state index in [1.54, 1.807) is 13.2 Å². The molecule has 1 aromatic carbocycles. The van der Waals surface area contributed by atoms with Gasteiger partial charge in [-0.15, -0.1) is 11.8 Å². The SMILES string of the molecule is COc1cc(N)ccc1SCC(=O)N1CCOC(C)C1. The van der Waals surface area contributed by atoms with E-state index in [4.69, 9.17) is 15.2 Å². The molecule has 0 bridgehead atoms. The summed E-state index contributed by atoms with van der Waals surface area (Å²) in [5.74, 6) is 1.23. The summed E-state index contributed by atoms with van der Waals surface area (Å²) < 4.78 is 10.7. The van der Waals surface area contributed by atoms with Gasteiger partial charge < -0.3 is 20.1 Å². The number of benzene rings is 1. The first-order valence-electron chi connectivity index (χ1n) is 6.56. The summed E-state index contributed by atoms with van der Waals surface area (Å²) in [6, 6.07) is 5.46. The van der Waals surface area contributed by atoms with E-state index in [1.165, 1.54) is 11.8 Å². The van der Waals surface area contributed by atoms with Gasteiger partial charge in [0.1, 0.15) is 5.75 Å². The second-order valence-electron chi connectivity index (χ2n) is 4.72. The summed E-state index contributed by atoms with van der Waals surface area (Å²) in [5, 5.41) is 0. The molecule has 0 aliphatic carbocycles. The van der Waals surface area contributed by atoms with E-state index in [9.17, 15) is 4.79 Å². The number of amides is 1. The summed E-state index contributed by atoms with van der Waals surface area (Å²) in [6.07, 6.45) is 0.115. The lowest BCUT2D eigenvalue weighted by Crippen LogP contribution is -2.45. The fourth-order valence-corrected chi connectivity index (χ4v) is 2.99. The number of ether oxygens (including phenoxy) is 2. The highest BCUT2D eigenvalue weighted by atomic mass is 32.2. The molecule has 1 aliphatic heterocycles. The second-order valence-corrected chi connectivity index (χ2v) is 5.74. The zero-order chi connectivity index (χ0) is 14.5. The Hall–Kier alpha value is -1.40. The number of methoxy groups -OCH3 is 1. The molecule has 1 unspecified atom stereocenters. The fourth-order valence-electron chi connectivity index (χ4n) is 2.08. The zero-order valence-electron chi connectivity index (χ0n) is 11.8. The Balaban J connectivity index is 1.93. The van der Waals surface area contributed by atoms with Crippen molar-refractivity contribution in [2.45, 2.75) is 17.9 Å². The summed E-state index contributed by atoms with van der Waals surface area (Å²) >= 11 is 1.47. The van der Waals surface area contributed by atoms with Gasteiger partial charge in [-0.2, -0.15) is 0 Å². The maximum absolute atomic E-state index is 12.2. The lowest BCUT2D eigenvalue weighted by atomic mass is 10.3. The summed E-state index contributed by atoms with van der Waals surface area (Å²) in [7, 11) is 1.60. The van der Waals surface area contributed by atoms with Crippen molar-refractivity contribution < 1.29 is 14.3 Å². The standard InChI is InChI=1S/C14H20N2O3S/c1-10-8-16(5-6-19-10)14(17)9-20-13-4-3-11(15)7-12(13)18-2/h3-4,7,10H,5-6,8-9,15H2,1-2H3. The first-order chi connectivity index (χ1) is 9.60.